The highest BCUT2D eigenvalue weighted by Gasteiger charge is 2.13. The van der Waals surface area contributed by atoms with Gasteiger partial charge in [-0.2, -0.15) is 0 Å². The van der Waals surface area contributed by atoms with Crippen LogP contribution in [0, 0.1) is 11.6 Å². The summed E-state index contributed by atoms with van der Waals surface area (Å²) in [6, 6.07) is 9.40. The van der Waals surface area contributed by atoms with Crippen LogP contribution in [0.3, 0.4) is 0 Å². The van der Waals surface area contributed by atoms with Gasteiger partial charge in [-0.1, -0.05) is 18.2 Å². The molecule has 7 heteroatoms. The number of aromatic carboxylic acids is 1. The Morgan fingerprint density at radius 1 is 1.13 bits per heavy atom. The SMILES string of the molecule is O=C(O)c1cccc(-c2cnc(Nc3c(F)cccc3F)o2)c1. The average molecular weight is 316 g/mol. The molecule has 0 radical (unpaired) electrons. The van der Waals surface area contributed by atoms with Gasteiger partial charge in [0.25, 0.3) is 6.01 Å². The van der Waals surface area contributed by atoms with E-state index in [4.69, 9.17) is 9.52 Å². The van der Waals surface area contributed by atoms with Crippen LogP contribution < -0.4 is 5.32 Å². The molecule has 23 heavy (non-hydrogen) atoms. The zero-order valence-electron chi connectivity index (χ0n) is 11.6. The molecule has 3 rings (SSSR count). The van der Waals surface area contributed by atoms with Gasteiger partial charge in [-0.25, -0.2) is 18.6 Å². The molecule has 0 fully saturated rings. The number of halogens is 2. The van der Waals surface area contributed by atoms with E-state index in [0.717, 1.165) is 12.1 Å². The normalized spacial score (nSPS) is 10.5. The van der Waals surface area contributed by atoms with Gasteiger partial charge in [0.1, 0.15) is 17.3 Å². The van der Waals surface area contributed by atoms with E-state index in [-0.39, 0.29) is 23.0 Å². The van der Waals surface area contributed by atoms with Crippen molar-refractivity contribution in [1.29, 1.82) is 0 Å². The van der Waals surface area contributed by atoms with Crippen molar-refractivity contribution < 1.29 is 23.1 Å². The molecule has 0 saturated heterocycles. The molecule has 1 heterocycles. The average Bonchev–Trinajstić information content (AvgIpc) is 3.00. The quantitative estimate of drug-likeness (QED) is 0.759. The topological polar surface area (TPSA) is 75.4 Å². The Labute approximate surface area is 129 Å². The van der Waals surface area contributed by atoms with E-state index in [1.807, 2.05) is 0 Å². The number of nitrogens with zero attached hydrogens (tertiary/aromatic N) is 1. The standard InChI is InChI=1S/C16H10F2N2O3/c17-11-5-2-6-12(18)14(11)20-16-19-8-13(23-16)9-3-1-4-10(7-9)15(21)22/h1-8H,(H,19,20)(H,21,22). The summed E-state index contributed by atoms with van der Waals surface area (Å²) in [4.78, 5) is 14.8. The van der Waals surface area contributed by atoms with Crippen molar-refractivity contribution in [1.82, 2.24) is 4.98 Å². The number of anilines is 2. The third-order valence-corrected chi connectivity index (χ3v) is 3.09. The third kappa shape index (κ3) is 3.03. The molecule has 2 aromatic carbocycles. The maximum absolute atomic E-state index is 13.6. The zero-order valence-corrected chi connectivity index (χ0v) is 11.6. The number of para-hydroxylation sites is 1. The van der Waals surface area contributed by atoms with Crippen molar-refractivity contribution >= 4 is 17.7 Å². The predicted molar refractivity (Wildman–Crippen MR) is 78.5 cm³/mol. The largest absolute Gasteiger partial charge is 0.478 e. The van der Waals surface area contributed by atoms with Gasteiger partial charge < -0.3 is 14.8 Å². The van der Waals surface area contributed by atoms with E-state index in [0.29, 0.717) is 5.56 Å². The van der Waals surface area contributed by atoms with Crippen LogP contribution in [0.25, 0.3) is 11.3 Å². The monoisotopic (exact) mass is 316 g/mol. The second kappa shape index (κ2) is 5.88. The van der Waals surface area contributed by atoms with Gasteiger partial charge >= 0.3 is 5.97 Å². The maximum Gasteiger partial charge on any atom is 0.335 e. The van der Waals surface area contributed by atoms with Gasteiger partial charge in [0, 0.05) is 5.56 Å². The minimum atomic E-state index is -1.07. The number of carboxylic acids is 1. The highest BCUT2D eigenvalue weighted by molar-refractivity contribution is 5.89. The molecule has 0 spiro atoms. The van der Waals surface area contributed by atoms with Gasteiger partial charge in [-0.05, 0) is 24.3 Å². The Kier molecular flexibility index (Phi) is 3.76. The molecule has 0 aliphatic rings. The van der Waals surface area contributed by atoms with Gasteiger partial charge in [0.2, 0.25) is 0 Å². The van der Waals surface area contributed by atoms with Crippen LogP contribution in [-0.2, 0) is 0 Å². The molecule has 5 nitrogen and oxygen atoms in total. The van der Waals surface area contributed by atoms with Crippen molar-refractivity contribution in [3.63, 3.8) is 0 Å². The Morgan fingerprint density at radius 3 is 2.52 bits per heavy atom. The summed E-state index contributed by atoms with van der Waals surface area (Å²) in [6.45, 7) is 0. The number of carbonyl (C=O) groups is 1. The molecule has 0 aliphatic carbocycles. The van der Waals surface area contributed by atoms with Gasteiger partial charge in [0.15, 0.2) is 5.76 Å². The van der Waals surface area contributed by atoms with E-state index < -0.39 is 17.6 Å². The molecule has 0 amide bonds. The number of hydrogen-bond donors (Lipinski definition) is 2. The van der Waals surface area contributed by atoms with Crippen molar-refractivity contribution in [2.45, 2.75) is 0 Å². The number of rotatable bonds is 4. The number of hydrogen-bond acceptors (Lipinski definition) is 4. The van der Waals surface area contributed by atoms with Crippen molar-refractivity contribution in [3.05, 3.63) is 65.9 Å². The Bertz CT molecular complexity index is 857. The molecule has 0 saturated carbocycles. The summed E-state index contributed by atoms with van der Waals surface area (Å²) in [5.74, 6) is -2.36. The van der Waals surface area contributed by atoms with E-state index >= 15 is 0 Å². The number of nitrogens with one attached hydrogen (secondary N) is 1. The molecule has 0 unspecified atom stereocenters. The van der Waals surface area contributed by atoms with E-state index in [9.17, 15) is 13.6 Å². The molecule has 1 aromatic heterocycles. The summed E-state index contributed by atoms with van der Waals surface area (Å²) < 4.78 is 32.5. The first-order valence-corrected chi connectivity index (χ1v) is 6.55. The lowest BCUT2D eigenvalue weighted by Crippen LogP contribution is -1.97. The molecule has 3 aromatic rings. The fourth-order valence-corrected chi connectivity index (χ4v) is 2.00. The second-order valence-corrected chi connectivity index (χ2v) is 4.64. The molecular formula is C16H10F2N2O3. The van der Waals surface area contributed by atoms with E-state index in [2.05, 4.69) is 10.3 Å². The predicted octanol–water partition coefficient (Wildman–Crippen LogP) is 4.06. The number of carboxylic acid groups (broad SMARTS) is 1. The first-order valence-electron chi connectivity index (χ1n) is 6.55. The Hall–Kier alpha value is -3.22. The fourth-order valence-electron chi connectivity index (χ4n) is 2.00. The lowest BCUT2D eigenvalue weighted by Gasteiger charge is -2.04. The van der Waals surface area contributed by atoms with Crippen LogP contribution >= 0.6 is 0 Å². The molecule has 0 bridgehead atoms. The van der Waals surface area contributed by atoms with Gasteiger partial charge in [-0.15, -0.1) is 0 Å². The minimum Gasteiger partial charge on any atom is -0.478 e. The van der Waals surface area contributed by atoms with Crippen molar-refractivity contribution in [2.75, 3.05) is 5.32 Å². The first-order chi connectivity index (χ1) is 11.0. The van der Waals surface area contributed by atoms with E-state index in [1.54, 1.807) is 12.1 Å². The first kappa shape index (κ1) is 14.7. The van der Waals surface area contributed by atoms with Crippen LogP contribution in [0.1, 0.15) is 10.4 Å². The zero-order chi connectivity index (χ0) is 16.4. The van der Waals surface area contributed by atoms with Gasteiger partial charge in [-0.3, -0.25) is 0 Å². The van der Waals surface area contributed by atoms with Crippen LogP contribution in [0.2, 0.25) is 0 Å². The van der Waals surface area contributed by atoms with Crippen LogP contribution in [0.5, 0.6) is 0 Å². The third-order valence-electron chi connectivity index (χ3n) is 3.09. The fraction of sp³-hybridized carbons (Fsp3) is 0. The van der Waals surface area contributed by atoms with Crippen LogP contribution in [0.15, 0.2) is 53.1 Å². The molecule has 0 aliphatic heterocycles. The lowest BCUT2D eigenvalue weighted by molar-refractivity contribution is 0.0697. The summed E-state index contributed by atoms with van der Waals surface area (Å²) in [5.41, 5.74) is 0.202. The van der Waals surface area contributed by atoms with Crippen LogP contribution in [-0.4, -0.2) is 16.1 Å². The van der Waals surface area contributed by atoms with Crippen molar-refractivity contribution in [2.24, 2.45) is 0 Å². The minimum absolute atomic E-state index is 0.0913. The van der Waals surface area contributed by atoms with Gasteiger partial charge in [0.05, 0.1) is 11.8 Å². The molecular weight excluding hydrogens is 306 g/mol. The van der Waals surface area contributed by atoms with E-state index in [1.165, 1.54) is 24.4 Å². The Morgan fingerprint density at radius 2 is 1.83 bits per heavy atom. The molecule has 116 valence electrons. The smallest absolute Gasteiger partial charge is 0.335 e. The second-order valence-electron chi connectivity index (χ2n) is 4.64. The molecule has 0 atom stereocenters. The summed E-state index contributed by atoms with van der Waals surface area (Å²) in [5, 5.41) is 11.4. The molecule has 2 N–H and O–H groups in total. The van der Waals surface area contributed by atoms with Crippen molar-refractivity contribution in [3.8, 4) is 11.3 Å². The Balaban J connectivity index is 1.89. The van der Waals surface area contributed by atoms with Crippen LogP contribution in [0.4, 0.5) is 20.5 Å². The highest BCUT2D eigenvalue weighted by Crippen LogP contribution is 2.27. The number of aromatic nitrogens is 1. The number of oxazole rings is 1. The summed E-state index contributed by atoms with van der Waals surface area (Å²) in [6.07, 6.45) is 1.34. The lowest BCUT2D eigenvalue weighted by atomic mass is 10.1. The summed E-state index contributed by atoms with van der Waals surface area (Å²) in [7, 11) is 0. The summed E-state index contributed by atoms with van der Waals surface area (Å²) >= 11 is 0. The number of benzene rings is 2. The highest BCUT2D eigenvalue weighted by atomic mass is 19.1. The maximum atomic E-state index is 13.6.